The maximum absolute atomic E-state index is 10.1. The Morgan fingerprint density at radius 1 is 1.29 bits per heavy atom. The predicted octanol–water partition coefficient (Wildman–Crippen LogP) is 3.07. The van der Waals surface area contributed by atoms with E-state index >= 15 is 0 Å². The number of fused-ring (bicyclic) bond motifs is 1. The van der Waals surface area contributed by atoms with Gasteiger partial charge in [0, 0.05) is 18.0 Å². The fourth-order valence-electron chi connectivity index (χ4n) is 1.88. The van der Waals surface area contributed by atoms with Gasteiger partial charge >= 0.3 is 0 Å². The monoisotopic (exact) mass is 225 g/mol. The Labute approximate surface area is 101 Å². The highest BCUT2D eigenvalue weighted by Gasteiger charge is 2.11. The van der Waals surface area contributed by atoms with Crippen LogP contribution < -0.4 is 0 Å². The van der Waals surface area contributed by atoms with Gasteiger partial charge < -0.3 is 5.11 Å². The first-order valence-corrected chi connectivity index (χ1v) is 5.74. The second-order valence-electron chi connectivity index (χ2n) is 3.90. The highest BCUT2D eigenvalue weighted by molar-refractivity contribution is 5.84. The van der Waals surface area contributed by atoms with E-state index in [2.05, 4.69) is 16.8 Å². The lowest BCUT2D eigenvalue weighted by Gasteiger charge is -2.11. The molecule has 86 valence electrons. The zero-order chi connectivity index (χ0) is 12.1. The van der Waals surface area contributed by atoms with Crippen LogP contribution in [-0.4, -0.2) is 10.1 Å². The standard InChI is InChI=1S/C15H15NO/c1-2-3-4-9-14(17)15-13-8-6-5-7-12(13)10-11-16-15/h5-8,10-11,14,17H,4,9H2,1H3. The number of nitrogens with zero attached hydrogens (tertiary/aromatic N) is 1. The van der Waals surface area contributed by atoms with Gasteiger partial charge in [0.25, 0.3) is 0 Å². The topological polar surface area (TPSA) is 33.1 Å². The van der Waals surface area contributed by atoms with Crippen LogP contribution in [0.15, 0.2) is 36.5 Å². The van der Waals surface area contributed by atoms with Crippen LogP contribution in [-0.2, 0) is 0 Å². The molecule has 1 atom stereocenters. The largest absolute Gasteiger partial charge is 0.387 e. The average Bonchev–Trinajstić information content (AvgIpc) is 2.38. The lowest BCUT2D eigenvalue weighted by Crippen LogP contribution is -2.00. The lowest BCUT2D eigenvalue weighted by atomic mass is 10.0. The van der Waals surface area contributed by atoms with Gasteiger partial charge in [-0.3, -0.25) is 4.98 Å². The minimum absolute atomic E-state index is 0.540. The van der Waals surface area contributed by atoms with Crippen LogP contribution >= 0.6 is 0 Å². The summed E-state index contributed by atoms with van der Waals surface area (Å²) in [5, 5.41) is 12.2. The fraction of sp³-hybridized carbons (Fsp3) is 0.267. The first-order valence-electron chi connectivity index (χ1n) is 5.74. The van der Waals surface area contributed by atoms with E-state index in [0.717, 1.165) is 16.5 Å². The number of aliphatic hydroxyl groups is 1. The summed E-state index contributed by atoms with van der Waals surface area (Å²) in [7, 11) is 0. The van der Waals surface area contributed by atoms with Crippen LogP contribution in [0.5, 0.6) is 0 Å². The Balaban J connectivity index is 2.30. The Bertz CT molecular complexity index is 560. The molecule has 1 heterocycles. The lowest BCUT2D eigenvalue weighted by molar-refractivity contribution is 0.166. The Kier molecular flexibility index (Phi) is 3.74. The molecule has 0 fully saturated rings. The third-order valence-electron chi connectivity index (χ3n) is 2.74. The van der Waals surface area contributed by atoms with Crippen molar-refractivity contribution in [1.82, 2.24) is 4.98 Å². The summed E-state index contributed by atoms with van der Waals surface area (Å²) >= 11 is 0. The van der Waals surface area contributed by atoms with Crippen molar-refractivity contribution in [1.29, 1.82) is 0 Å². The first kappa shape index (κ1) is 11.6. The molecule has 0 aliphatic heterocycles. The quantitative estimate of drug-likeness (QED) is 0.814. The molecule has 1 aromatic carbocycles. The number of aliphatic hydroxyl groups excluding tert-OH is 1. The van der Waals surface area contributed by atoms with Crippen LogP contribution in [0.3, 0.4) is 0 Å². The molecule has 0 aliphatic carbocycles. The van der Waals surface area contributed by atoms with Gasteiger partial charge in [-0.05, 0) is 24.8 Å². The summed E-state index contributed by atoms with van der Waals surface area (Å²) in [4.78, 5) is 4.29. The average molecular weight is 225 g/mol. The summed E-state index contributed by atoms with van der Waals surface area (Å²) in [6.07, 6.45) is 2.53. The van der Waals surface area contributed by atoms with Crippen molar-refractivity contribution in [2.75, 3.05) is 0 Å². The minimum Gasteiger partial charge on any atom is -0.387 e. The van der Waals surface area contributed by atoms with Gasteiger partial charge in [0.05, 0.1) is 11.8 Å². The van der Waals surface area contributed by atoms with Gasteiger partial charge in [0.15, 0.2) is 0 Å². The summed E-state index contributed by atoms with van der Waals surface area (Å²) < 4.78 is 0. The highest BCUT2D eigenvalue weighted by atomic mass is 16.3. The van der Waals surface area contributed by atoms with Crippen molar-refractivity contribution >= 4 is 10.8 Å². The number of hydrogen-bond donors (Lipinski definition) is 1. The molecule has 2 rings (SSSR count). The second kappa shape index (κ2) is 5.47. The third-order valence-corrected chi connectivity index (χ3v) is 2.74. The molecule has 2 heteroatoms. The van der Waals surface area contributed by atoms with Gasteiger partial charge in [0.1, 0.15) is 0 Å². The zero-order valence-corrected chi connectivity index (χ0v) is 9.85. The number of aromatic nitrogens is 1. The van der Waals surface area contributed by atoms with E-state index < -0.39 is 6.10 Å². The van der Waals surface area contributed by atoms with E-state index in [0.29, 0.717) is 12.8 Å². The normalized spacial score (nSPS) is 11.9. The van der Waals surface area contributed by atoms with Crippen molar-refractivity contribution in [2.45, 2.75) is 25.9 Å². The van der Waals surface area contributed by atoms with Gasteiger partial charge in [-0.2, -0.15) is 0 Å². The number of benzene rings is 1. The van der Waals surface area contributed by atoms with Crippen LogP contribution in [0.2, 0.25) is 0 Å². The maximum Gasteiger partial charge on any atom is 0.0975 e. The first-order chi connectivity index (χ1) is 8.33. The molecule has 17 heavy (non-hydrogen) atoms. The van der Waals surface area contributed by atoms with Gasteiger partial charge in [-0.1, -0.05) is 24.3 Å². The van der Waals surface area contributed by atoms with Gasteiger partial charge in [-0.15, -0.1) is 11.8 Å². The molecule has 0 bridgehead atoms. The summed E-state index contributed by atoms with van der Waals surface area (Å²) in [5.41, 5.74) is 0.751. The van der Waals surface area contributed by atoms with E-state index in [-0.39, 0.29) is 0 Å². The highest BCUT2D eigenvalue weighted by Crippen LogP contribution is 2.24. The Hall–Kier alpha value is -1.85. The summed E-state index contributed by atoms with van der Waals surface area (Å²) in [5.74, 6) is 5.79. The SMILES string of the molecule is CC#CCCC(O)c1nccc2ccccc12. The molecular weight excluding hydrogens is 210 g/mol. The molecule has 0 saturated heterocycles. The fourth-order valence-corrected chi connectivity index (χ4v) is 1.88. The van der Waals surface area contributed by atoms with Crippen molar-refractivity contribution in [3.05, 3.63) is 42.2 Å². The smallest absolute Gasteiger partial charge is 0.0975 e. The van der Waals surface area contributed by atoms with E-state index in [9.17, 15) is 5.11 Å². The third kappa shape index (κ3) is 2.64. The molecule has 0 saturated carbocycles. The van der Waals surface area contributed by atoms with Gasteiger partial charge in [0.2, 0.25) is 0 Å². The molecule has 2 aromatic rings. The van der Waals surface area contributed by atoms with E-state index in [1.54, 1.807) is 6.20 Å². The summed E-state index contributed by atoms with van der Waals surface area (Å²) in [6.45, 7) is 1.81. The zero-order valence-electron chi connectivity index (χ0n) is 9.85. The molecule has 0 aliphatic rings. The number of pyridine rings is 1. The molecule has 0 radical (unpaired) electrons. The van der Waals surface area contributed by atoms with Gasteiger partial charge in [-0.25, -0.2) is 0 Å². The van der Waals surface area contributed by atoms with E-state index in [4.69, 9.17) is 0 Å². The van der Waals surface area contributed by atoms with Crippen molar-refractivity contribution in [2.24, 2.45) is 0 Å². The van der Waals surface area contributed by atoms with Crippen molar-refractivity contribution < 1.29 is 5.11 Å². The van der Waals surface area contributed by atoms with Crippen LogP contribution in [0.1, 0.15) is 31.6 Å². The predicted molar refractivity (Wildman–Crippen MR) is 69.4 cm³/mol. The minimum atomic E-state index is -0.540. The number of rotatable bonds is 3. The van der Waals surface area contributed by atoms with Crippen molar-refractivity contribution in [3.8, 4) is 11.8 Å². The van der Waals surface area contributed by atoms with E-state index in [1.165, 1.54) is 0 Å². The maximum atomic E-state index is 10.1. The van der Waals surface area contributed by atoms with E-state index in [1.807, 2.05) is 37.3 Å². The van der Waals surface area contributed by atoms with Crippen molar-refractivity contribution in [3.63, 3.8) is 0 Å². The second-order valence-corrected chi connectivity index (χ2v) is 3.90. The summed E-state index contributed by atoms with van der Waals surface area (Å²) in [6, 6.07) is 9.93. The number of hydrogen-bond acceptors (Lipinski definition) is 2. The molecule has 2 nitrogen and oxygen atoms in total. The Morgan fingerprint density at radius 3 is 2.94 bits per heavy atom. The van der Waals surface area contributed by atoms with Crippen LogP contribution in [0, 0.1) is 11.8 Å². The van der Waals surface area contributed by atoms with Crippen LogP contribution in [0.4, 0.5) is 0 Å². The molecule has 1 aromatic heterocycles. The molecule has 0 spiro atoms. The molecule has 0 amide bonds. The molecular formula is C15H15NO. The molecule has 1 N–H and O–H groups in total. The Morgan fingerprint density at radius 2 is 2.12 bits per heavy atom. The molecule has 1 unspecified atom stereocenters. The van der Waals surface area contributed by atoms with Crippen LogP contribution in [0.25, 0.3) is 10.8 Å².